The molecule has 5 heteroatoms. The van der Waals surface area contributed by atoms with Gasteiger partial charge in [0.25, 0.3) is 0 Å². The Labute approximate surface area is 114 Å². The summed E-state index contributed by atoms with van der Waals surface area (Å²) in [6.45, 7) is 2.80. The first kappa shape index (κ1) is 15.9. The van der Waals surface area contributed by atoms with E-state index in [9.17, 15) is 5.11 Å². The van der Waals surface area contributed by atoms with E-state index < -0.39 is 6.10 Å². The molecule has 0 radical (unpaired) electrons. The maximum Gasteiger partial charge on any atom is 0.119 e. The third kappa shape index (κ3) is 6.54. The van der Waals surface area contributed by atoms with Gasteiger partial charge in [0.2, 0.25) is 0 Å². The number of nitrogens with two attached hydrogens (primary N) is 1. The largest absolute Gasteiger partial charge is 0.492 e. The summed E-state index contributed by atoms with van der Waals surface area (Å²) in [5.74, 6) is 0.836. The minimum absolute atomic E-state index is 0.353. The summed E-state index contributed by atoms with van der Waals surface area (Å²) >= 11 is 0. The fourth-order valence-corrected chi connectivity index (χ4v) is 1.74. The van der Waals surface area contributed by atoms with Gasteiger partial charge in [-0.05, 0) is 24.7 Å². The number of ether oxygens (including phenoxy) is 2. The molecule has 0 aliphatic carbocycles. The highest BCUT2D eigenvalue weighted by Crippen LogP contribution is 2.11. The zero-order valence-corrected chi connectivity index (χ0v) is 11.7. The molecular formula is C14H24N2O3. The Morgan fingerprint density at radius 3 is 2.58 bits per heavy atom. The second-order valence-corrected chi connectivity index (χ2v) is 4.57. The number of hydrogen-bond acceptors (Lipinski definition) is 5. The van der Waals surface area contributed by atoms with E-state index in [2.05, 4.69) is 0 Å². The molecule has 1 atom stereocenters. The quantitative estimate of drug-likeness (QED) is 0.681. The molecule has 108 valence electrons. The molecule has 1 rings (SSSR count). The average molecular weight is 268 g/mol. The van der Waals surface area contributed by atoms with Crippen LogP contribution in [0.25, 0.3) is 0 Å². The minimum atomic E-state index is -0.459. The molecule has 1 aromatic carbocycles. The molecule has 0 heterocycles. The van der Waals surface area contributed by atoms with E-state index in [-0.39, 0.29) is 0 Å². The van der Waals surface area contributed by atoms with Gasteiger partial charge in [-0.25, -0.2) is 0 Å². The van der Waals surface area contributed by atoms with Crippen molar-refractivity contribution >= 4 is 0 Å². The molecule has 0 aliphatic heterocycles. The maximum absolute atomic E-state index is 9.57. The SMILES string of the molecule is COCC(O)CN(C)CCOc1ccc(CN)cc1. The molecule has 5 nitrogen and oxygen atoms in total. The van der Waals surface area contributed by atoms with Crippen LogP contribution in [0.4, 0.5) is 0 Å². The van der Waals surface area contributed by atoms with Crippen LogP contribution in [0.5, 0.6) is 5.75 Å². The Hall–Kier alpha value is -1.14. The van der Waals surface area contributed by atoms with Gasteiger partial charge in [0, 0.05) is 26.7 Å². The van der Waals surface area contributed by atoms with Gasteiger partial charge in [-0.2, -0.15) is 0 Å². The van der Waals surface area contributed by atoms with Crippen molar-refractivity contribution in [1.29, 1.82) is 0 Å². The Kier molecular flexibility index (Phi) is 7.43. The van der Waals surface area contributed by atoms with Crippen molar-refractivity contribution in [3.63, 3.8) is 0 Å². The zero-order chi connectivity index (χ0) is 14.1. The Bertz CT molecular complexity index is 343. The molecule has 0 bridgehead atoms. The number of aliphatic hydroxyl groups is 1. The Morgan fingerprint density at radius 2 is 2.00 bits per heavy atom. The number of likely N-dealkylation sites (N-methyl/N-ethyl adjacent to an activating group) is 1. The molecule has 0 saturated heterocycles. The fraction of sp³-hybridized carbons (Fsp3) is 0.571. The van der Waals surface area contributed by atoms with E-state index in [1.54, 1.807) is 7.11 Å². The molecule has 3 N–H and O–H groups in total. The lowest BCUT2D eigenvalue weighted by Crippen LogP contribution is -2.34. The number of hydrogen-bond donors (Lipinski definition) is 2. The topological polar surface area (TPSA) is 68.0 Å². The fourth-order valence-electron chi connectivity index (χ4n) is 1.74. The van der Waals surface area contributed by atoms with Gasteiger partial charge in [0.15, 0.2) is 0 Å². The standard InChI is InChI=1S/C14H24N2O3/c1-16(10-13(17)11-18-2)7-8-19-14-5-3-12(9-15)4-6-14/h3-6,13,17H,7-11,15H2,1-2H3. The van der Waals surface area contributed by atoms with E-state index in [1.165, 1.54) is 0 Å². The smallest absolute Gasteiger partial charge is 0.119 e. The second kappa shape index (κ2) is 8.87. The Morgan fingerprint density at radius 1 is 1.32 bits per heavy atom. The lowest BCUT2D eigenvalue weighted by molar-refractivity contribution is 0.0410. The highest BCUT2D eigenvalue weighted by Gasteiger charge is 2.07. The van der Waals surface area contributed by atoms with E-state index in [4.69, 9.17) is 15.2 Å². The molecule has 0 amide bonds. The van der Waals surface area contributed by atoms with Gasteiger partial charge in [-0.15, -0.1) is 0 Å². The van der Waals surface area contributed by atoms with Crippen molar-refractivity contribution in [1.82, 2.24) is 4.90 Å². The van der Waals surface area contributed by atoms with E-state index >= 15 is 0 Å². The molecule has 0 aromatic heterocycles. The summed E-state index contributed by atoms with van der Waals surface area (Å²) in [5, 5.41) is 9.57. The van der Waals surface area contributed by atoms with Gasteiger partial charge >= 0.3 is 0 Å². The summed E-state index contributed by atoms with van der Waals surface area (Å²) in [4.78, 5) is 2.01. The van der Waals surface area contributed by atoms with Crippen molar-refractivity contribution < 1.29 is 14.6 Å². The molecule has 1 aromatic rings. The van der Waals surface area contributed by atoms with Crippen LogP contribution in [0.15, 0.2) is 24.3 Å². The summed E-state index contributed by atoms with van der Waals surface area (Å²) in [6.07, 6.45) is -0.459. The van der Waals surface area contributed by atoms with Crippen LogP contribution in [0.1, 0.15) is 5.56 Å². The average Bonchev–Trinajstić information content (AvgIpc) is 2.39. The third-order valence-electron chi connectivity index (χ3n) is 2.78. The summed E-state index contributed by atoms with van der Waals surface area (Å²) in [5.41, 5.74) is 6.62. The zero-order valence-electron chi connectivity index (χ0n) is 11.7. The van der Waals surface area contributed by atoms with E-state index in [0.717, 1.165) is 17.9 Å². The van der Waals surface area contributed by atoms with Gasteiger partial charge in [-0.1, -0.05) is 12.1 Å². The molecule has 0 saturated carbocycles. The molecule has 0 aliphatic rings. The van der Waals surface area contributed by atoms with Crippen LogP contribution in [0.3, 0.4) is 0 Å². The van der Waals surface area contributed by atoms with Gasteiger partial charge in [0.1, 0.15) is 12.4 Å². The van der Waals surface area contributed by atoms with Crippen LogP contribution < -0.4 is 10.5 Å². The number of benzene rings is 1. The molecule has 0 spiro atoms. The molecule has 0 fully saturated rings. The number of methoxy groups -OCH3 is 1. The van der Waals surface area contributed by atoms with Crippen LogP contribution >= 0.6 is 0 Å². The third-order valence-corrected chi connectivity index (χ3v) is 2.78. The maximum atomic E-state index is 9.57. The first-order valence-electron chi connectivity index (χ1n) is 6.43. The highest BCUT2D eigenvalue weighted by molar-refractivity contribution is 5.27. The van der Waals surface area contributed by atoms with Gasteiger partial charge < -0.3 is 25.2 Å². The van der Waals surface area contributed by atoms with Gasteiger partial charge in [0.05, 0.1) is 12.7 Å². The van der Waals surface area contributed by atoms with Crippen LogP contribution in [-0.2, 0) is 11.3 Å². The van der Waals surface area contributed by atoms with Crippen molar-refractivity contribution in [2.75, 3.05) is 40.5 Å². The minimum Gasteiger partial charge on any atom is -0.492 e. The van der Waals surface area contributed by atoms with Crippen molar-refractivity contribution in [3.05, 3.63) is 29.8 Å². The van der Waals surface area contributed by atoms with E-state index in [1.807, 2.05) is 36.2 Å². The monoisotopic (exact) mass is 268 g/mol. The molecule has 19 heavy (non-hydrogen) atoms. The molecule has 1 unspecified atom stereocenters. The van der Waals surface area contributed by atoms with Crippen molar-refractivity contribution in [3.8, 4) is 5.75 Å². The highest BCUT2D eigenvalue weighted by atomic mass is 16.5. The van der Waals surface area contributed by atoms with Crippen LogP contribution in [0.2, 0.25) is 0 Å². The second-order valence-electron chi connectivity index (χ2n) is 4.57. The number of rotatable bonds is 9. The van der Waals surface area contributed by atoms with Crippen LogP contribution in [-0.4, -0.2) is 56.6 Å². The summed E-state index contributed by atoms with van der Waals surface area (Å²) < 4.78 is 10.5. The first-order chi connectivity index (χ1) is 9.15. The molecular weight excluding hydrogens is 244 g/mol. The van der Waals surface area contributed by atoms with Gasteiger partial charge in [-0.3, -0.25) is 0 Å². The predicted molar refractivity (Wildman–Crippen MR) is 75.2 cm³/mol. The Balaban J connectivity index is 2.21. The normalized spacial score (nSPS) is 12.7. The van der Waals surface area contributed by atoms with Crippen molar-refractivity contribution in [2.24, 2.45) is 5.73 Å². The lowest BCUT2D eigenvalue weighted by Gasteiger charge is -2.20. The lowest BCUT2D eigenvalue weighted by atomic mass is 10.2. The van der Waals surface area contributed by atoms with E-state index in [0.29, 0.717) is 26.3 Å². The number of nitrogens with zero attached hydrogens (tertiary/aromatic N) is 1. The summed E-state index contributed by atoms with van der Waals surface area (Å²) in [6, 6.07) is 7.76. The predicted octanol–water partition coefficient (Wildman–Crippen LogP) is 0.463. The first-order valence-corrected chi connectivity index (χ1v) is 6.43. The van der Waals surface area contributed by atoms with Crippen LogP contribution in [0, 0.1) is 0 Å². The number of aliphatic hydroxyl groups excluding tert-OH is 1. The van der Waals surface area contributed by atoms with Crippen molar-refractivity contribution in [2.45, 2.75) is 12.6 Å². The summed E-state index contributed by atoms with van der Waals surface area (Å²) in [7, 11) is 3.52.